The summed E-state index contributed by atoms with van der Waals surface area (Å²) < 4.78 is 5.10. The highest BCUT2D eigenvalue weighted by atomic mass is 35.5. The zero-order valence-electron chi connectivity index (χ0n) is 14.2. The minimum atomic E-state index is 0.466. The molecule has 0 aliphatic carbocycles. The third kappa shape index (κ3) is 4.54. The van der Waals surface area contributed by atoms with Crippen molar-refractivity contribution in [1.29, 1.82) is 0 Å². The highest BCUT2D eigenvalue weighted by Gasteiger charge is 2.18. The Bertz CT molecular complexity index is 709. The van der Waals surface area contributed by atoms with E-state index in [0.717, 1.165) is 42.6 Å². The van der Waals surface area contributed by atoms with E-state index in [2.05, 4.69) is 19.8 Å². The molecule has 132 valence electrons. The Morgan fingerprint density at radius 1 is 1.16 bits per heavy atom. The molecule has 1 aromatic heterocycles. The van der Waals surface area contributed by atoms with Crippen LogP contribution in [0.3, 0.4) is 0 Å². The average molecular weight is 360 g/mol. The van der Waals surface area contributed by atoms with E-state index < -0.39 is 0 Å². The Labute approximate surface area is 152 Å². The van der Waals surface area contributed by atoms with Gasteiger partial charge in [0.05, 0.1) is 25.5 Å². The van der Waals surface area contributed by atoms with Gasteiger partial charge in [-0.05, 0) is 36.4 Å². The molecule has 6 nitrogen and oxygen atoms in total. The summed E-state index contributed by atoms with van der Waals surface area (Å²) in [5.74, 6) is 1.30. The fraction of sp³-hybridized carbons (Fsp3) is 0.333. The van der Waals surface area contributed by atoms with Crippen LogP contribution in [0.15, 0.2) is 47.6 Å². The van der Waals surface area contributed by atoms with E-state index in [1.165, 1.54) is 5.69 Å². The zero-order valence-corrected chi connectivity index (χ0v) is 15.0. The number of benzene rings is 1. The Morgan fingerprint density at radius 2 is 1.88 bits per heavy atom. The van der Waals surface area contributed by atoms with Crippen molar-refractivity contribution in [2.45, 2.75) is 6.54 Å². The second kappa shape index (κ2) is 8.07. The quantitative estimate of drug-likeness (QED) is 0.670. The van der Waals surface area contributed by atoms with Crippen LogP contribution in [-0.2, 0) is 6.54 Å². The van der Waals surface area contributed by atoms with Crippen molar-refractivity contribution in [2.75, 3.05) is 38.2 Å². The number of nitrogens with zero attached hydrogens (tertiary/aromatic N) is 4. The van der Waals surface area contributed by atoms with Gasteiger partial charge < -0.3 is 20.3 Å². The number of aromatic nitrogens is 1. The number of halogens is 1. The van der Waals surface area contributed by atoms with Crippen LogP contribution in [0.1, 0.15) is 5.69 Å². The second-order valence-electron chi connectivity index (χ2n) is 5.81. The molecule has 1 aromatic carbocycles. The molecule has 2 heterocycles. The average Bonchev–Trinajstić information content (AvgIpc) is 2.67. The molecule has 3 rings (SSSR count). The second-order valence-corrected chi connectivity index (χ2v) is 6.25. The summed E-state index contributed by atoms with van der Waals surface area (Å²) >= 11 is 5.95. The summed E-state index contributed by atoms with van der Waals surface area (Å²) in [6, 6.07) is 11.7. The minimum absolute atomic E-state index is 0.466. The maximum atomic E-state index is 6.14. The summed E-state index contributed by atoms with van der Waals surface area (Å²) in [4.78, 5) is 13.2. The SMILES string of the molecule is COc1ccc(CN=C(N)N2CCN(c3ccc(Cl)cc3)CC2)nc1. The molecule has 1 aliphatic rings. The summed E-state index contributed by atoms with van der Waals surface area (Å²) in [6.45, 7) is 3.95. The molecule has 0 atom stereocenters. The first kappa shape index (κ1) is 17.4. The molecule has 0 radical (unpaired) electrons. The number of piperazine rings is 1. The number of ether oxygens (including phenoxy) is 1. The number of guanidine groups is 1. The molecule has 1 aliphatic heterocycles. The van der Waals surface area contributed by atoms with Crippen LogP contribution in [0.2, 0.25) is 5.02 Å². The summed E-state index contributed by atoms with van der Waals surface area (Å²) in [7, 11) is 1.62. The van der Waals surface area contributed by atoms with Gasteiger partial charge in [-0.15, -0.1) is 0 Å². The topological polar surface area (TPSA) is 67.0 Å². The first-order valence-electron chi connectivity index (χ1n) is 8.20. The van der Waals surface area contributed by atoms with Gasteiger partial charge in [-0.25, -0.2) is 4.99 Å². The molecule has 7 heteroatoms. The Morgan fingerprint density at radius 3 is 2.48 bits per heavy atom. The van der Waals surface area contributed by atoms with Crippen molar-refractivity contribution < 1.29 is 4.74 Å². The van der Waals surface area contributed by atoms with Crippen LogP contribution in [0, 0.1) is 0 Å². The van der Waals surface area contributed by atoms with Crippen molar-refractivity contribution in [3.8, 4) is 5.75 Å². The Balaban J connectivity index is 1.53. The van der Waals surface area contributed by atoms with Crippen molar-refractivity contribution in [3.05, 3.63) is 53.3 Å². The molecule has 0 bridgehead atoms. The van der Waals surface area contributed by atoms with E-state index in [0.29, 0.717) is 12.5 Å². The maximum Gasteiger partial charge on any atom is 0.191 e. The predicted molar refractivity (Wildman–Crippen MR) is 101 cm³/mol. The normalized spacial score (nSPS) is 15.4. The molecule has 1 fully saturated rings. The lowest BCUT2D eigenvalue weighted by Gasteiger charge is -2.36. The number of rotatable bonds is 4. The number of anilines is 1. The van der Waals surface area contributed by atoms with Crippen LogP contribution >= 0.6 is 11.6 Å². The molecule has 25 heavy (non-hydrogen) atoms. The smallest absolute Gasteiger partial charge is 0.191 e. The van der Waals surface area contributed by atoms with E-state index in [1.54, 1.807) is 13.3 Å². The fourth-order valence-electron chi connectivity index (χ4n) is 2.73. The van der Waals surface area contributed by atoms with Crippen LogP contribution in [0.25, 0.3) is 0 Å². The van der Waals surface area contributed by atoms with E-state index in [-0.39, 0.29) is 0 Å². The third-order valence-corrected chi connectivity index (χ3v) is 4.48. The van der Waals surface area contributed by atoms with Crippen molar-refractivity contribution >= 4 is 23.2 Å². The molecule has 0 unspecified atom stereocenters. The van der Waals surface area contributed by atoms with E-state index in [9.17, 15) is 0 Å². The van der Waals surface area contributed by atoms with Gasteiger partial charge in [0.2, 0.25) is 0 Å². The van der Waals surface area contributed by atoms with Crippen LogP contribution in [0.5, 0.6) is 5.75 Å². The Kier molecular flexibility index (Phi) is 5.60. The van der Waals surface area contributed by atoms with Crippen LogP contribution in [0.4, 0.5) is 5.69 Å². The maximum absolute atomic E-state index is 6.14. The van der Waals surface area contributed by atoms with Crippen LogP contribution < -0.4 is 15.4 Å². The molecule has 0 saturated carbocycles. The van der Waals surface area contributed by atoms with E-state index in [4.69, 9.17) is 22.1 Å². The van der Waals surface area contributed by atoms with Gasteiger partial charge in [0.25, 0.3) is 0 Å². The minimum Gasteiger partial charge on any atom is -0.495 e. The van der Waals surface area contributed by atoms with Crippen molar-refractivity contribution in [2.24, 2.45) is 10.7 Å². The van der Waals surface area contributed by atoms with Gasteiger partial charge in [0.1, 0.15) is 5.75 Å². The van der Waals surface area contributed by atoms with Gasteiger partial charge in [-0.3, -0.25) is 4.98 Å². The monoisotopic (exact) mass is 359 g/mol. The molecule has 1 saturated heterocycles. The lowest BCUT2D eigenvalue weighted by atomic mass is 10.2. The lowest BCUT2D eigenvalue weighted by molar-refractivity contribution is 0.380. The standard InChI is InChI=1S/C18H22ClN5O/c1-25-17-7-4-15(21-13-17)12-22-18(20)24-10-8-23(9-11-24)16-5-2-14(19)3-6-16/h2-7,13H,8-12H2,1H3,(H2,20,22). The largest absolute Gasteiger partial charge is 0.495 e. The number of pyridine rings is 1. The number of nitrogens with two attached hydrogens (primary N) is 1. The van der Waals surface area contributed by atoms with E-state index >= 15 is 0 Å². The molecule has 2 aromatic rings. The lowest BCUT2D eigenvalue weighted by Crippen LogP contribution is -2.51. The molecule has 0 spiro atoms. The van der Waals surface area contributed by atoms with Crippen LogP contribution in [-0.4, -0.2) is 49.1 Å². The molecule has 2 N–H and O–H groups in total. The molecular weight excluding hydrogens is 338 g/mol. The summed E-state index contributed by atoms with van der Waals surface area (Å²) in [5.41, 5.74) is 8.19. The third-order valence-electron chi connectivity index (χ3n) is 4.23. The molecule has 0 amide bonds. The fourth-order valence-corrected chi connectivity index (χ4v) is 2.86. The van der Waals surface area contributed by atoms with Crippen molar-refractivity contribution in [1.82, 2.24) is 9.88 Å². The van der Waals surface area contributed by atoms with E-state index in [1.807, 2.05) is 36.4 Å². The Hall–Kier alpha value is -2.47. The number of hydrogen-bond acceptors (Lipinski definition) is 4. The van der Waals surface area contributed by atoms with Crippen molar-refractivity contribution in [3.63, 3.8) is 0 Å². The van der Waals surface area contributed by atoms with Gasteiger partial charge in [0, 0.05) is 36.9 Å². The van der Waals surface area contributed by atoms with Gasteiger partial charge in [-0.1, -0.05) is 11.6 Å². The highest BCUT2D eigenvalue weighted by molar-refractivity contribution is 6.30. The molecular formula is C18H22ClN5O. The number of hydrogen-bond donors (Lipinski definition) is 1. The highest BCUT2D eigenvalue weighted by Crippen LogP contribution is 2.19. The summed E-state index contributed by atoms with van der Waals surface area (Å²) in [6.07, 6.45) is 1.69. The summed E-state index contributed by atoms with van der Waals surface area (Å²) in [5, 5.41) is 0.755. The predicted octanol–water partition coefficient (Wildman–Crippen LogP) is 2.38. The number of methoxy groups -OCH3 is 1. The first-order valence-corrected chi connectivity index (χ1v) is 8.58. The number of aliphatic imine (C=N–C) groups is 1. The zero-order chi connectivity index (χ0) is 17.6. The van der Waals surface area contributed by atoms with Gasteiger partial charge >= 0.3 is 0 Å². The van der Waals surface area contributed by atoms with Gasteiger partial charge in [-0.2, -0.15) is 0 Å². The van der Waals surface area contributed by atoms with Gasteiger partial charge in [0.15, 0.2) is 5.96 Å². The first-order chi connectivity index (χ1) is 12.2.